The average molecular weight is 384 g/mol. The molecule has 0 aliphatic heterocycles. The van der Waals surface area contributed by atoms with E-state index in [9.17, 15) is 9.59 Å². The van der Waals surface area contributed by atoms with E-state index in [0.29, 0.717) is 28.4 Å². The van der Waals surface area contributed by atoms with Crippen molar-refractivity contribution in [3.8, 4) is 23.3 Å². The monoisotopic (exact) mass is 384 g/mol. The van der Waals surface area contributed by atoms with Crippen molar-refractivity contribution < 1.29 is 28.5 Å². The number of nitrogens with zero attached hydrogens (tertiary/aromatic N) is 1. The maximum Gasteiger partial charge on any atom is 0.325 e. The highest BCUT2D eigenvalue weighted by Gasteiger charge is 2.17. The van der Waals surface area contributed by atoms with Crippen LogP contribution in [0.4, 0.5) is 0 Å². The molecule has 8 heteroatoms. The summed E-state index contributed by atoms with van der Waals surface area (Å²) in [5, 5.41) is 11.5. The zero-order valence-corrected chi connectivity index (χ0v) is 15.8. The molecule has 0 atom stereocenters. The van der Waals surface area contributed by atoms with Crippen LogP contribution < -0.4 is 19.5 Å². The van der Waals surface area contributed by atoms with Gasteiger partial charge in [-0.25, -0.2) is 0 Å². The summed E-state index contributed by atoms with van der Waals surface area (Å²) in [7, 11) is 4.34. The van der Waals surface area contributed by atoms with Crippen molar-refractivity contribution in [2.75, 3.05) is 27.9 Å². The minimum atomic E-state index is -0.631. The van der Waals surface area contributed by atoms with Gasteiger partial charge in [0.1, 0.15) is 13.2 Å². The van der Waals surface area contributed by atoms with Crippen LogP contribution in [0.25, 0.3) is 0 Å². The lowest BCUT2D eigenvalue weighted by molar-refractivity contribution is -0.143. The lowest BCUT2D eigenvalue weighted by Gasteiger charge is -2.14. The Morgan fingerprint density at radius 2 is 1.68 bits per heavy atom. The third-order valence-electron chi connectivity index (χ3n) is 3.85. The number of nitrogens with one attached hydrogen (secondary N) is 1. The highest BCUT2D eigenvalue weighted by atomic mass is 16.5. The minimum Gasteiger partial charge on any atom is -0.493 e. The Labute approximate surface area is 162 Å². The molecule has 146 valence electrons. The van der Waals surface area contributed by atoms with E-state index < -0.39 is 11.9 Å². The van der Waals surface area contributed by atoms with Gasteiger partial charge in [-0.3, -0.25) is 9.59 Å². The van der Waals surface area contributed by atoms with Crippen LogP contribution in [0.15, 0.2) is 36.4 Å². The molecule has 28 heavy (non-hydrogen) atoms. The Morgan fingerprint density at radius 1 is 1.04 bits per heavy atom. The minimum absolute atomic E-state index is 0.0530. The van der Waals surface area contributed by atoms with Gasteiger partial charge in [-0.15, -0.1) is 0 Å². The van der Waals surface area contributed by atoms with Gasteiger partial charge < -0.3 is 24.3 Å². The summed E-state index contributed by atoms with van der Waals surface area (Å²) in [6.07, 6.45) is 0. The zero-order chi connectivity index (χ0) is 20.5. The van der Waals surface area contributed by atoms with Gasteiger partial charge in [0.05, 0.1) is 33.0 Å². The van der Waals surface area contributed by atoms with Crippen molar-refractivity contribution in [1.82, 2.24) is 5.32 Å². The first kappa shape index (κ1) is 20.6. The van der Waals surface area contributed by atoms with E-state index >= 15 is 0 Å². The number of rotatable bonds is 8. The molecule has 8 nitrogen and oxygen atoms in total. The number of methoxy groups -OCH3 is 3. The molecule has 2 rings (SSSR count). The third-order valence-corrected chi connectivity index (χ3v) is 3.85. The van der Waals surface area contributed by atoms with Crippen LogP contribution in [0.1, 0.15) is 21.5 Å². The molecular weight excluding hydrogens is 364 g/mol. The van der Waals surface area contributed by atoms with E-state index in [1.807, 2.05) is 6.07 Å². The molecule has 0 aliphatic carbocycles. The summed E-state index contributed by atoms with van der Waals surface area (Å²) >= 11 is 0. The zero-order valence-electron chi connectivity index (χ0n) is 15.8. The van der Waals surface area contributed by atoms with Gasteiger partial charge in [0.15, 0.2) is 11.5 Å². The Hall–Kier alpha value is -3.73. The summed E-state index contributed by atoms with van der Waals surface area (Å²) in [5.74, 6) is -0.135. The second-order valence-corrected chi connectivity index (χ2v) is 5.53. The maximum atomic E-state index is 12.3. The Balaban J connectivity index is 1.98. The second-order valence-electron chi connectivity index (χ2n) is 5.53. The summed E-state index contributed by atoms with van der Waals surface area (Å²) in [6, 6.07) is 11.8. The van der Waals surface area contributed by atoms with E-state index in [2.05, 4.69) is 5.32 Å². The van der Waals surface area contributed by atoms with Crippen LogP contribution in [-0.2, 0) is 16.1 Å². The Morgan fingerprint density at radius 3 is 2.25 bits per heavy atom. The molecule has 0 bridgehead atoms. The van der Waals surface area contributed by atoms with Crippen LogP contribution in [0.5, 0.6) is 17.2 Å². The van der Waals surface area contributed by atoms with E-state index in [-0.39, 0.29) is 18.7 Å². The Kier molecular flexibility index (Phi) is 7.22. The number of benzene rings is 2. The normalized spacial score (nSPS) is 9.79. The van der Waals surface area contributed by atoms with Gasteiger partial charge in [0, 0.05) is 11.1 Å². The number of carbonyl (C=O) groups excluding carboxylic acids is 2. The van der Waals surface area contributed by atoms with Crippen LogP contribution >= 0.6 is 0 Å². The molecule has 0 saturated carbocycles. The first-order valence-corrected chi connectivity index (χ1v) is 8.25. The lowest BCUT2D eigenvalue weighted by atomic mass is 10.1. The van der Waals surface area contributed by atoms with E-state index in [1.54, 1.807) is 24.3 Å². The first-order chi connectivity index (χ1) is 13.5. The van der Waals surface area contributed by atoms with E-state index in [4.69, 9.17) is 24.2 Å². The van der Waals surface area contributed by atoms with Gasteiger partial charge in [-0.1, -0.05) is 18.2 Å². The number of hydrogen-bond acceptors (Lipinski definition) is 7. The highest BCUT2D eigenvalue weighted by molar-refractivity contribution is 5.97. The van der Waals surface area contributed by atoms with Gasteiger partial charge in [0.2, 0.25) is 5.75 Å². The molecule has 0 fully saturated rings. The SMILES string of the molecule is COc1cc(C(=O)NCC(=O)OCc2ccccc2C#N)cc(OC)c1OC. The number of amides is 1. The van der Waals surface area contributed by atoms with Gasteiger partial charge in [-0.2, -0.15) is 5.26 Å². The molecule has 0 aliphatic rings. The fourth-order valence-corrected chi connectivity index (χ4v) is 2.43. The fraction of sp³-hybridized carbons (Fsp3) is 0.250. The number of ether oxygens (including phenoxy) is 4. The quantitative estimate of drug-likeness (QED) is 0.694. The van der Waals surface area contributed by atoms with Gasteiger partial charge in [-0.05, 0) is 18.2 Å². The highest BCUT2D eigenvalue weighted by Crippen LogP contribution is 2.38. The third kappa shape index (κ3) is 4.92. The van der Waals surface area contributed by atoms with Gasteiger partial charge >= 0.3 is 5.97 Å². The number of nitriles is 1. The van der Waals surface area contributed by atoms with Crippen molar-refractivity contribution in [2.24, 2.45) is 0 Å². The van der Waals surface area contributed by atoms with Crippen molar-refractivity contribution >= 4 is 11.9 Å². The number of carbonyl (C=O) groups is 2. The fourth-order valence-electron chi connectivity index (χ4n) is 2.43. The molecular formula is C20H20N2O6. The smallest absolute Gasteiger partial charge is 0.325 e. The molecule has 1 amide bonds. The van der Waals surface area contributed by atoms with Crippen LogP contribution in [0.3, 0.4) is 0 Å². The molecule has 0 spiro atoms. The van der Waals surface area contributed by atoms with Crippen molar-refractivity contribution in [3.63, 3.8) is 0 Å². The molecule has 0 aromatic heterocycles. The molecule has 1 N–H and O–H groups in total. The number of esters is 1. The summed E-state index contributed by atoms with van der Waals surface area (Å²) in [4.78, 5) is 24.3. The van der Waals surface area contributed by atoms with E-state index in [1.165, 1.54) is 33.5 Å². The molecule has 2 aromatic rings. The van der Waals surface area contributed by atoms with Gasteiger partial charge in [0.25, 0.3) is 5.91 Å². The van der Waals surface area contributed by atoms with Crippen molar-refractivity contribution in [2.45, 2.75) is 6.61 Å². The predicted octanol–water partition coefficient (Wildman–Crippen LogP) is 2.06. The topological polar surface area (TPSA) is 107 Å². The van der Waals surface area contributed by atoms with Crippen molar-refractivity contribution in [1.29, 1.82) is 5.26 Å². The van der Waals surface area contributed by atoms with Crippen LogP contribution in [0, 0.1) is 11.3 Å². The maximum absolute atomic E-state index is 12.3. The summed E-state index contributed by atoms with van der Waals surface area (Å²) in [5.41, 5.74) is 1.25. The standard InChI is InChI=1S/C20H20N2O6/c1-25-16-8-15(9-17(26-2)19(16)27-3)20(24)22-11-18(23)28-12-14-7-5-4-6-13(14)10-21/h4-9H,11-12H2,1-3H3,(H,22,24). The largest absolute Gasteiger partial charge is 0.493 e. The lowest BCUT2D eigenvalue weighted by Crippen LogP contribution is -2.30. The predicted molar refractivity (Wildman–Crippen MR) is 99.4 cm³/mol. The Bertz CT molecular complexity index is 879. The van der Waals surface area contributed by atoms with Crippen LogP contribution in [0.2, 0.25) is 0 Å². The first-order valence-electron chi connectivity index (χ1n) is 8.25. The second kappa shape index (κ2) is 9.83. The van der Waals surface area contributed by atoms with Crippen LogP contribution in [-0.4, -0.2) is 39.8 Å². The molecule has 0 saturated heterocycles. The van der Waals surface area contributed by atoms with E-state index in [0.717, 1.165) is 0 Å². The summed E-state index contributed by atoms with van der Waals surface area (Å²) in [6.45, 7) is -0.382. The molecule has 0 unspecified atom stereocenters. The molecule has 0 radical (unpaired) electrons. The average Bonchev–Trinajstić information content (AvgIpc) is 2.74. The summed E-state index contributed by atoms with van der Waals surface area (Å²) < 4.78 is 20.7. The molecule has 2 aromatic carbocycles. The number of hydrogen-bond donors (Lipinski definition) is 1. The van der Waals surface area contributed by atoms with Crippen molar-refractivity contribution in [3.05, 3.63) is 53.1 Å². The molecule has 0 heterocycles.